The van der Waals surface area contributed by atoms with Gasteiger partial charge >= 0.3 is 0 Å². The van der Waals surface area contributed by atoms with Crippen molar-refractivity contribution in [1.29, 1.82) is 0 Å². The molecule has 0 radical (unpaired) electrons. The van der Waals surface area contributed by atoms with Gasteiger partial charge in [0.2, 0.25) is 0 Å². The predicted molar refractivity (Wildman–Crippen MR) is 82.5 cm³/mol. The smallest absolute Gasteiger partial charge is 0.165 e. The first kappa shape index (κ1) is 8.94. The Hall–Kier alpha value is -1.52. The molecule has 5 rings (SSSR count). The largest absolute Gasteiger partial charge is 0.493 e. The minimum absolute atomic E-state index is 0.100. The molecular formula is C18H21NO3. The molecular weight excluding hydrogens is 278 g/mol. The highest BCUT2D eigenvalue weighted by Gasteiger charge is 2.64. The molecule has 5 atom stereocenters. The molecule has 1 saturated heterocycles. The van der Waals surface area contributed by atoms with E-state index in [1.165, 1.54) is 0 Å². The van der Waals surface area contributed by atoms with Crippen LogP contribution in [0.1, 0.15) is 24.4 Å². The fourth-order valence-corrected chi connectivity index (χ4v) is 4.75. The summed E-state index contributed by atoms with van der Waals surface area (Å²) in [4.78, 5) is 1.90. The molecule has 116 valence electrons. The summed E-state index contributed by atoms with van der Waals surface area (Å²) in [6, 6.07) is 2.13. The summed E-state index contributed by atoms with van der Waals surface area (Å²) < 4.78 is 52.2. The zero-order valence-electron chi connectivity index (χ0n) is 17.3. The molecule has 2 heterocycles. The molecule has 0 saturated carbocycles. The van der Waals surface area contributed by atoms with E-state index in [9.17, 15) is 7.85 Å². The van der Waals surface area contributed by atoms with Crippen LogP contribution in [0, 0.1) is 5.89 Å². The second-order valence-electron chi connectivity index (χ2n) is 6.60. The van der Waals surface area contributed by atoms with Crippen molar-refractivity contribution in [2.24, 2.45) is 5.89 Å². The molecule has 1 aromatic rings. The van der Waals surface area contributed by atoms with Crippen molar-refractivity contribution < 1.29 is 21.4 Å². The highest BCUT2D eigenvalue weighted by molar-refractivity contribution is 5.62. The maximum Gasteiger partial charge on any atom is 0.165 e. The number of likely N-dealkylation sites (tertiary alicyclic amines) is 1. The van der Waals surface area contributed by atoms with Gasteiger partial charge in [0.15, 0.2) is 11.5 Å². The summed E-state index contributed by atoms with van der Waals surface area (Å²) in [5.41, 5.74) is 0.688. The van der Waals surface area contributed by atoms with Crippen LogP contribution in [0.3, 0.4) is 0 Å². The maximum absolute atomic E-state index is 10.7. The Morgan fingerprint density at radius 2 is 2.41 bits per heavy atom. The first-order valence-electron chi connectivity index (χ1n) is 10.1. The van der Waals surface area contributed by atoms with Gasteiger partial charge in [-0.05, 0) is 38.1 Å². The van der Waals surface area contributed by atoms with E-state index in [2.05, 4.69) is 0 Å². The van der Waals surface area contributed by atoms with Crippen molar-refractivity contribution in [2.45, 2.75) is 36.5 Å². The first-order chi connectivity index (χ1) is 12.5. The second-order valence-corrected chi connectivity index (χ2v) is 6.60. The van der Waals surface area contributed by atoms with Crippen LogP contribution in [0.2, 0.25) is 0 Å². The van der Waals surface area contributed by atoms with E-state index >= 15 is 0 Å². The van der Waals surface area contributed by atoms with E-state index in [1.807, 2.05) is 11.9 Å². The van der Waals surface area contributed by atoms with Gasteiger partial charge in [-0.1, -0.05) is 18.2 Å². The van der Waals surface area contributed by atoms with Gasteiger partial charge in [0.1, 0.15) is 12.2 Å². The van der Waals surface area contributed by atoms with E-state index in [-0.39, 0.29) is 5.75 Å². The number of benzene rings is 1. The molecule has 2 aliphatic heterocycles. The number of hydrogen-bond donors (Lipinski definition) is 1. The molecule has 2 aliphatic carbocycles. The lowest BCUT2D eigenvalue weighted by Gasteiger charge is -2.56. The van der Waals surface area contributed by atoms with E-state index < -0.39 is 36.6 Å². The standard InChI is InChI=1S/C18H21NO3/c1-19-8-7-18-11-4-5-13(20)17(18)22-16-14(21-2)6-3-10(15(16)18)9-12(11)19/h3-6,11-13,17,20H,7-9H2,1-2H3/t11-,12+,13?,17?,18-/m0/s1/i2D3,11D,12D. The van der Waals surface area contributed by atoms with Crippen LogP contribution in [0.4, 0.5) is 0 Å². The number of ether oxygens (including phenoxy) is 2. The maximum atomic E-state index is 10.7. The fraction of sp³-hybridized carbons (Fsp3) is 0.556. The van der Waals surface area contributed by atoms with Crippen molar-refractivity contribution in [3.63, 3.8) is 0 Å². The number of rotatable bonds is 1. The van der Waals surface area contributed by atoms with E-state index in [1.54, 1.807) is 24.3 Å². The molecule has 1 N–H and O–H groups in total. The lowest BCUT2D eigenvalue weighted by atomic mass is 9.53. The lowest BCUT2D eigenvalue weighted by molar-refractivity contribution is -0.0453. The minimum Gasteiger partial charge on any atom is -0.493 e. The number of aliphatic hydroxyl groups is 1. The van der Waals surface area contributed by atoms with Crippen LogP contribution in [0.25, 0.3) is 0 Å². The molecule has 22 heavy (non-hydrogen) atoms. The summed E-state index contributed by atoms with van der Waals surface area (Å²) in [6.45, 7) is 0.591. The SMILES string of the molecule is [2H]C([2H])([2H])Oc1ccc2c3c1OC1C(O)C=C[C@]4([2H])[C@@]31CCN(C)[C@]4([2H])C2. The molecule has 1 aromatic carbocycles. The second kappa shape index (κ2) is 4.06. The molecule has 2 unspecified atom stereocenters. The van der Waals surface area contributed by atoms with Gasteiger partial charge in [-0.3, -0.25) is 0 Å². The number of aliphatic hydroxyl groups excluding tert-OH is 1. The number of methoxy groups -OCH3 is 1. The summed E-state index contributed by atoms with van der Waals surface area (Å²) in [5, 5.41) is 10.7. The van der Waals surface area contributed by atoms with Crippen LogP contribution in [-0.2, 0) is 11.8 Å². The van der Waals surface area contributed by atoms with Crippen molar-refractivity contribution in [1.82, 2.24) is 4.90 Å². The summed E-state index contributed by atoms with van der Waals surface area (Å²) in [6.07, 6.45) is 2.37. The molecule has 4 aliphatic rings. The van der Waals surface area contributed by atoms with E-state index in [0.29, 0.717) is 25.1 Å². The van der Waals surface area contributed by atoms with Crippen LogP contribution in [-0.4, -0.2) is 48.9 Å². The summed E-state index contributed by atoms with van der Waals surface area (Å²) in [5.74, 6) is -0.920. The highest BCUT2D eigenvalue weighted by atomic mass is 16.5. The lowest BCUT2D eigenvalue weighted by Crippen LogP contribution is -2.64. The zero-order chi connectivity index (χ0) is 19.4. The van der Waals surface area contributed by atoms with Crippen molar-refractivity contribution in [3.8, 4) is 11.5 Å². The predicted octanol–water partition coefficient (Wildman–Crippen LogP) is 1.50. The normalized spacial score (nSPS) is 51.6. The van der Waals surface area contributed by atoms with Gasteiger partial charge in [0.25, 0.3) is 0 Å². The molecule has 2 bridgehead atoms. The molecule has 4 nitrogen and oxygen atoms in total. The quantitative estimate of drug-likeness (QED) is 0.799. The molecule has 1 spiro atoms. The fourth-order valence-electron chi connectivity index (χ4n) is 4.75. The summed E-state index contributed by atoms with van der Waals surface area (Å²) in [7, 11) is -0.771. The third-order valence-corrected chi connectivity index (χ3v) is 5.72. The van der Waals surface area contributed by atoms with Gasteiger partial charge in [-0.2, -0.15) is 0 Å². The first-order valence-corrected chi connectivity index (χ1v) is 7.64. The van der Waals surface area contributed by atoms with E-state index in [4.69, 9.17) is 13.6 Å². The Bertz CT molecular complexity index is 873. The number of likely N-dealkylation sites (N-methyl/N-ethyl adjacent to an activating group) is 1. The van der Waals surface area contributed by atoms with Gasteiger partial charge in [0, 0.05) is 25.6 Å². The van der Waals surface area contributed by atoms with Gasteiger partial charge in [-0.25, -0.2) is 0 Å². The van der Waals surface area contributed by atoms with Crippen molar-refractivity contribution in [2.75, 3.05) is 20.6 Å². The third-order valence-electron chi connectivity index (χ3n) is 5.72. The minimum atomic E-state index is -2.63. The van der Waals surface area contributed by atoms with Crippen LogP contribution < -0.4 is 9.47 Å². The Labute approximate surface area is 137 Å². The Morgan fingerprint density at radius 3 is 3.27 bits per heavy atom. The Balaban J connectivity index is 1.81. The number of nitrogens with zero attached hydrogens (tertiary/aromatic N) is 1. The third kappa shape index (κ3) is 1.28. The molecule has 0 aromatic heterocycles. The topological polar surface area (TPSA) is 41.9 Å². The average molecular weight is 304 g/mol. The van der Waals surface area contributed by atoms with Gasteiger partial charge in [-0.15, -0.1) is 0 Å². The Morgan fingerprint density at radius 1 is 1.50 bits per heavy atom. The van der Waals surface area contributed by atoms with E-state index in [0.717, 1.165) is 11.1 Å². The average Bonchev–Trinajstić information content (AvgIpc) is 2.93. The molecule has 4 heteroatoms. The van der Waals surface area contributed by atoms with Crippen LogP contribution >= 0.6 is 0 Å². The molecule has 1 fully saturated rings. The van der Waals surface area contributed by atoms with Crippen LogP contribution in [0.15, 0.2) is 24.3 Å². The number of piperidine rings is 1. The zero-order valence-corrected chi connectivity index (χ0v) is 12.3. The summed E-state index contributed by atoms with van der Waals surface area (Å²) >= 11 is 0. The Kier molecular flexibility index (Phi) is 1.65. The van der Waals surface area contributed by atoms with Gasteiger partial charge in [0.05, 0.1) is 11.2 Å². The van der Waals surface area contributed by atoms with Crippen molar-refractivity contribution >= 4 is 0 Å². The van der Waals surface area contributed by atoms with Gasteiger partial charge < -0.3 is 19.5 Å². The highest BCUT2D eigenvalue weighted by Crippen LogP contribution is 2.62. The van der Waals surface area contributed by atoms with Crippen molar-refractivity contribution in [3.05, 3.63) is 35.4 Å². The molecule has 0 amide bonds. The number of hydrogen-bond acceptors (Lipinski definition) is 4. The monoisotopic (exact) mass is 304 g/mol. The van der Waals surface area contributed by atoms with Crippen LogP contribution in [0.5, 0.6) is 11.5 Å².